The molecule has 0 radical (unpaired) electrons. The topological polar surface area (TPSA) is 47.0 Å². The lowest BCUT2D eigenvalue weighted by Gasteiger charge is -2.04. The molecule has 0 spiro atoms. The SMILES string of the molecule is CNc1cc(COC)c(C)nn1. The zero-order valence-corrected chi connectivity index (χ0v) is 7.59. The largest absolute Gasteiger partial charge is 0.380 e. The monoisotopic (exact) mass is 167 g/mol. The first-order valence-corrected chi connectivity index (χ1v) is 3.78. The first-order chi connectivity index (χ1) is 5.77. The maximum Gasteiger partial charge on any atom is 0.148 e. The Labute approximate surface area is 72.0 Å². The fraction of sp³-hybridized carbons (Fsp3) is 0.500. The third-order valence-corrected chi connectivity index (χ3v) is 1.64. The minimum atomic E-state index is 0.579. The van der Waals surface area contributed by atoms with Crippen molar-refractivity contribution in [1.82, 2.24) is 10.2 Å². The summed E-state index contributed by atoms with van der Waals surface area (Å²) in [5.41, 5.74) is 1.98. The van der Waals surface area contributed by atoms with Gasteiger partial charge >= 0.3 is 0 Å². The van der Waals surface area contributed by atoms with Gasteiger partial charge in [0.25, 0.3) is 0 Å². The maximum absolute atomic E-state index is 5.01. The normalized spacial score (nSPS) is 9.92. The van der Waals surface area contributed by atoms with Crippen molar-refractivity contribution in [2.24, 2.45) is 0 Å². The molecule has 4 heteroatoms. The van der Waals surface area contributed by atoms with Crippen LogP contribution < -0.4 is 5.32 Å². The van der Waals surface area contributed by atoms with Crippen molar-refractivity contribution < 1.29 is 4.74 Å². The quantitative estimate of drug-likeness (QED) is 0.728. The van der Waals surface area contributed by atoms with Crippen LogP contribution in [0.2, 0.25) is 0 Å². The van der Waals surface area contributed by atoms with Crippen LogP contribution in [0.5, 0.6) is 0 Å². The highest BCUT2D eigenvalue weighted by atomic mass is 16.5. The number of anilines is 1. The summed E-state index contributed by atoms with van der Waals surface area (Å²) in [6.07, 6.45) is 0. The Morgan fingerprint density at radius 3 is 2.83 bits per heavy atom. The number of rotatable bonds is 3. The van der Waals surface area contributed by atoms with Crippen molar-refractivity contribution in [2.45, 2.75) is 13.5 Å². The molecular formula is C8H13N3O. The molecule has 1 aromatic heterocycles. The van der Waals surface area contributed by atoms with Crippen LogP contribution in [0.25, 0.3) is 0 Å². The highest BCUT2D eigenvalue weighted by molar-refractivity contribution is 5.36. The van der Waals surface area contributed by atoms with Gasteiger partial charge in [-0.2, -0.15) is 5.10 Å². The maximum atomic E-state index is 5.01. The lowest BCUT2D eigenvalue weighted by atomic mass is 10.2. The molecule has 12 heavy (non-hydrogen) atoms. The van der Waals surface area contributed by atoms with Gasteiger partial charge in [0.2, 0.25) is 0 Å². The number of nitrogens with one attached hydrogen (secondary N) is 1. The summed E-state index contributed by atoms with van der Waals surface area (Å²) < 4.78 is 5.01. The highest BCUT2D eigenvalue weighted by Crippen LogP contribution is 2.09. The van der Waals surface area contributed by atoms with Crippen molar-refractivity contribution in [3.8, 4) is 0 Å². The summed E-state index contributed by atoms with van der Waals surface area (Å²) in [6.45, 7) is 2.50. The highest BCUT2D eigenvalue weighted by Gasteiger charge is 2.00. The van der Waals surface area contributed by atoms with E-state index in [1.165, 1.54) is 0 Å². The van der Waals surface area contributed by atoms with E-state index >= 15 is 0 Å². The molecule has 0 unspecified atom stereocenters. The van der Waals surface area contributed by atoms with E-state index < -0.39 is 0 Å². The second kappa shape index (κ2) is 4.01. The average Bonchev–Trinajstić information content (AvgIpc) is 2.09. The molecule has 1 N–H and O–H groups in total. The van der Waals surface area contributed by atoms with Gasteiger partial charge in [-0.1, -0.05) is 0 Å². The molecule has 0 bridgehead atoms. The van der Waals surface area contributed by atoms with Crippen LogP contribution in [-0.2, 0) is 11.3 Å². The van der Waals surface area contributed by atoms with E-state index in [0.29, 0.717) is 6.61 Å². The second-order valence-corrected chi connectivity index (χ2v) is 2.52. The number of ether oxygens (including phenoxy) is 1. The molecule has 0 aliphatic heterocycles. The average molecular weight is 167 g/mol. The Morgan fingerprint density at radius 1 is 1.50 bits per heavy atom. The van der Waals surface area contributed by atoms with Crippen molar-refractivity contribution in [2.75, 3.05) is 19.5 Å². The minimum Gasteiger partial charge on any atom is -0.380 e. The number of nitrogens with zero attached hydrogens (tertiary/aromatic N) is 2. The van der Waals surface area contributed by atoms with Gasteiger partial charge in [-0.3, -0.25) is 0 Å². The van der Waals surface area contributed by atoms with Gasteiger partial charge in [0, 0.05) is 19.7 Å². The lowest BCUT2D eigenvalue weighted by molar-refractivity contribution is 0.184. The number of hydrogen-bond donors (Lipinski definition) is 1. The van der Waals surface area contributed by atoms with Crippen LogP contribution in [0.1, 0.15) is 11.3 Å². The molecule has 0 aliphatic carbocycles. The van der Waals surface area contributed by atoms with E-state index in [0.717, 1.165) is 17.1 Å². The van der Waals surface area contributed by atoms with Crippen molar-refractivity contribution >= 4 is 5.82 Å². The van der Waals surface area contributed by atoms with Crippen molar-refractivity contribution in [3.05, 3.63) is 17.3 Å². The van der Waals surface area contributed by atoms with Crippen LogP contribution in [0.15, 0.2) is 6.07 Å². The van der Waals surface area contributed by atoms with Crippen LogP contribution in [0.4, 0.5) is 5.82 Å². The predicted molar refractivity (Wildman–Crippen MR) is 47.0 cm³/mol. The second-order valence-electron chi connectivity index (χ2n) is 2.52. The van der Waals surface area contributed by atoms with Gasteiger partial charge in [0.05, 0.1) is 12.3 Å². The first-order valence-electron chi connectivity index (χ1n) is 3.78. The van der Waals surface area contributed by atoms with Crippen molar-refractivity contribution in [1.29, 1.82) is 0 Å². The number of aromatic nitrogens is 2. The molecule has 0 atom stereocenters. The Hall–Kier alpha value is -1.16. The van der Waals surface area contributed by atoms with E-state index in [1.807, 2.05) is 20.0 Å². The number of aryl methyl sites for hydroxylation is 1. The van der Waals surface area contributed by atoms with Gasteiger partial charge in [-0.05, 0) is 13.0 Å². The van der Waals surface area contributed by atoms with Crippen LogP contribution in [-0.4, -0.2) is 24.4 Å². The van der Waals surface area contributed by atoms with Crippen LogP contribution in [0.3, 0.4) is 0 Å². The molecular weight excluding hydrogens is 154 g/mol. The van der Waals surface area contributed by atoms with E-state index in [4.69, 9.17) is 4.74 Å². The van der Waals surface area contributed by atoms with Gasteiger partial charge in [0.15, 0.2) is 0 Å². The summed E-state index contributed by atoms with van der Waals surface area (Å²) in [6, 6.07) is 1.94. The van der Waals surface area contributed by atoms with E-state index in [2.05, 4.69) is 15.5 Å². The minimum absolute atomic E-state index is 0.579. The first kappa shape index (κ1) is 8.93. The molecule has 4 nitrogen and oxygen atoms in total. The smallest absolute Gasteiger partial charge is 0.148 e. The molecule has 0 aromatic carbocycles. The van der Waals surface area contributed by atoms with E-state index in [-0.39, 0.29) is 0 Å². The zero-order chi connectivity index (χ0) is 8.97. The molecule has 1 rings (SSSR count). The lowest BCUT2D eigenvalue weighted by Crippen LogP contribution is -2.01. The van der Waals surface area contributed by atoms with E-state index in [9.17, 15) is 0 Å². The molecule has 0 aliphatic rings. The van der Waals surface area contributed by atoms with Crippen LogP contribution >= 0.6 is 0 Å². The molecule has 0 amide bonds. The third-order valence-electron chi connectivity index (χ3n) is 1.64. The molecule has 1 heterocycles. The summed E-state index contributed by atoms with van der Waals surface area (Å²) in [4.78, 5) is 0. The van der Waals surface area contributed by atoms with Gasteiger partial charge in [-0.15, -0.1) is 5.10 Å². The molecule has 0 saturated carbocycles. The predicted octanol–water partition coefficient (Wildman–Crippen LogP) is 0.973. The molecule has 0 saturated heterocycles. The van der Waals surface area contributed by atoms with Crippen molar-refractivity contribution in [3.63, 3.8) is 0 Å². The molecule has 66 valence electrons. The summed E-state index contributed by atoms with van der Waals surface area (Å²) in [7, 11) is 3.48. The summed E-state index contributed by atoms with van der Waals surface area (Å²) in [5, 5.41) is 10.8. The Kier molecular flexibility index (Phi) is 2.99. The summed E-state index contributed by atoms with van der Waals surface area (Å²) in [5.74, 6) is 0.771. The number of methoxy groups -OCH3 is 1. The van der Waals surface area contributed by atoms with E-state index in [1.54, 1.807) is 7.11 Å². The fourth-order valence-electron chi connectivity index (χ4n) is 0.915. The van der Waals surface area contributed by atoms with Gasteiger partial charge < -0.3 is 10.1 Å². The molecule has 0 fully saturated rings. The Morgan fingerprint density at radius 2 is 2.25 bits per heavy atom. The van der Waals surface area contributed by atoms with Gasteiger partial charge in [-0.25, -0.2) is 0 Å². The third kappa shape index (κ3) is 1.92. The number of hydrogen-bond acceptors (Lipinski definition) is 4. The summed E-state index contributed by atoms with van der Waals surface area (Å²) >= 11 is 0. The van der Waals surface area contributed by atoms with Crippen LogP contribution in [0, 0.1) is 6.92 Å². The standard InChI is InChI=1S/C8H13N3O/c1-6-7(5-12-3)4-8(9-2)11-10-6/h4H,5H2,1-3H3,(H,9,11). The Balaban J connectivity index is 2.91. The zero-order valence-electron chi connectivity index (χ0n) is 7.59. The fourth-order valence-corrected chi connectivity index (χ4v) is 0.915. The Bertz CT molecular complexity index is 262. The molecule has 1 aromatic rings. The van der Waals surface area contributed by atoms with Gasteiger partial charge in [0.1, 0.15) is 5.82 Å².